The number of rotatable bonds is 5. The molecule has 2 aromatic rings. The van der Waals surface area contributed by atoms with Gasteiger partial charge in [0, 0.05) is 37.3 Å². The Bertz CT molecular complexity index is 638. The fraction of sp³-hybridized carbons (Fsp3) is 0.182. The average Bonchev–Trinajstić information content (AvgIpc) is 2.81. The van der Waals surface area contributed by atoms with Crippen molar-refractivity contribution in [1.29, 1.82) is 0 Å². The zero-order valence-electron chi connectivity index (χ0n) is 10.4. The van der Waals surface area contributed by atoms with Gasteiger partial charge in [0.1, 0.15) is 0 Å². The first-order valence-corrected chi connectivity index (χ1v) is 6.49. The Morgan fingerprint density at radius 2 is 1.80 bits per heavy atom. The molecule has 0 radical (unpaired) electrons. The predicted molar refractivity (Wildman–Crippen MR) is 72.5 cm³/mol. The maximum Gasteiger partial charge on any atom is 0.276 e. The van der Waals surface area contributed by atoms with E-state index in [0.717, 1.165) is 11.2 Å². The smallest absolute Gasteiger partial charge is 0.276 e. The second-order valence-electron chi connectivity index (χ2n) is 3.98. The molecule has 1 aromatic carbocycles. The average molecular weight is 294 g/mol. The van der Waals surface area contributed by atoms with E-state index >= 15 is 0 Å². The molecule has 0 aliphatic carbocycles. The summed E-state index contributed by atoms with van der Waals surface area (Å²) >= 11 is 1.35. The van der Waals surface area contributed by atoms with Crippen LogP contribution in [0.2, 0.25) is 0 Å². The summed E-state index contributed by atoms with van der Waals surface area (Å²) in [6, 6.07) is 3.63. The van der Waals surface area contributed by atoms with E-state index in [-0.39, 0.29) is 11.4 Å². The van der Waals surface area contributed by atoms with Crippen molar-refractivity contribution >= 4 is 23.1 Å². The van der Waals surface area contributed by atoms with Crippen LogP contribution in [0.1, 0.15) is 5.56 Å². The normalized spacial score (nSPS) is 10.4. The van der Waals surface area contributed by atoms with Crippen molar-refractivity contribution < 1.29 is 9.85 Å². The number of non-ortho nitro benzene ring substituents is 2. The van der Waals surface area contributed by atoms with Gasteiger partial charge in [-0.05, 0) is 5.56 Å². The van der Waals surface area contributed by atoms with E-state index in [1.165, 1.54) is 23.9 Å². The molecule has 20 heavy (non-hydrogen) atoms. The standard InChI is InChI=1S/C11H10N4O4S/c1-13-3-2-12-11(13)20-7-8-4-9(14(16)17)6-10(5-8)15(18)19/h2-6H,7H2,1H3. The van der Waals surface area contributed by atoms with Crippen molar-refractivity contribution in [3.8, 4) is 0 Å². The van der Waals surface area contributed by atoms with Crippen molar-refractivity contribution in [3.05, 3.63) is 56.4 Å². The van der Waals surface area contributed by atoms with Crippen molar-refractivity contribution in [2.75, 3.05) is 0 Å². The summed E-state index contributed by atoms with van der Waals surface area (Å²) in [7, 11) is 1.82. The monoisotopic (exact) mass is 294 g/mol. The summed E-state index contributed by atoms with van der Waals surface area (Å²) in [5, 5.41) is 22.3. The maximum absolute atomic E-state index is 10.8. The first-order chi connectivity index (χ1) is 9.47. The van der Waals surface area contributed by atoms with Gasteiger partial charge in [0.05, 0.1) is 15.9 Å². The van der Waals surface area contributed by atoms with Crippen LogP contribution in [-0.2, 0) is 12.8 Å². The van der Waals surface area contributed by atoms with Gasteiger partial charge in [-0.3, -0.25) is 20.2 Å². The number of aryl methyl sites for hydroxylation is 1. The fourth-order valence-electron chi connectivity index (χ4n) is 1.59. The third kappa shape index (κ3) is 3.12. The van der Waals surface area contributed by atoms with Crippen LogP contribution in [0.15, 0.2) is 35.7 Å². The number of benzene rings is 1. The molecule has 0 N–H and O–H groups in total. The number of hydrogen-bond donors (Lipinski definition) is 0. The highest BCUT2D eigenvalue weighted by molar-refractivity contribution is 7.98. The zero-order valence-corrected chi connectivity index (χ0v) is 11.2. The predicted octanol–water partition coefficient (Wildman–Crippen LogP) is 2.53. The van der Waals surface area contributed by atoms with Crippen LogP contribution in [0.3, 0.4) is 0 Å². The molecular weight excluding hydrogens is 284 g/mol. The Hall–Kier alpha value is -2.42. The Morgan fingerprint density at radius 1 is 1.20 bits per heavy atom. The minimum absolute atomic E-state index is 0.283. The van der Waals surface area contributed by atoms with Gasteiger partial charge in [-0.15, -0.1) is 0 Å². The molecule has 0 aliphatic heterocycles. The van der Waals surface area contributed by atoms with Gasteiger partial charge in [-0.1, -0.05) is 11.8 Å². The first-order valence-electron chi connectivity index (χ1n) is 5.50. The zero-order chi connectivity index (χ0) is 14.7. The van der Waals surface area contributed by atoms with Gasteiger partial charge >= 0.3 is 0 Å². The maximum atomic E-state index is 10.8. The SMILES string of the molecule is Cn1ccnc1SCc1cc([N+](=O)[O-])cc([N+](=O)[O-])c1. The lowest BCUT2D eigenvalue weighted by Crippen LogP contribution is -1.95. The van der Waals surface area contributed by atoms with Crippen LogP contribution >= 0.6 is 11.8 Å². The number of nitro benzene ring substituents is 2. The molecule has 8 nitrogen and oxygen atoms in total. The molecule has 9 heteroatoms. The lowest BCUT2D eigenvalue weighted by molar-refractivity contribution is -0.394. The number of aromatic nitrogens is 2. The highest BCUT2D eigenvalue weighted by atomic mass is 32.2. The quantitative estimate of drug-likeness (QED) is 0.476. The van der Waals surface area contributed by atoms with E-state index in [0.29, 0.717) is 11.3 Å². The van der Waals surface area contributed by atoms with E-state index in [9.17, 15) is 20.2 Å². The molecule has 0 fully saturated rings. The summed E-state index contributed by atoms with van der Waals surface area (Å²) in [4.78, 5) is 24.4. The Kier molecular flexibility index (Phi) is 3.99. The van der Waals surface area contributed by atoms with E-state index in [2.05, 4.69) is 4.98 Å². The third-order valence-corrected chi connectivity index (χ3v) is 3.66. The van der Waals surface area contributed by atoms with Crippen LogP contribution < -0.4 is 0 Å². The van der Waals surface area contributed by atoms with Crippen molar-refractivity contribution in [2.24, 2.45) is 7.05 Å². The Morgan fingerprint density at radius 3 is 2.25 bits per heavy atom. The molecule has 0 bridgehead atoms. The number of nitrogens with zero attached hydrogens (tertiary/aromatic N) is 4. The van der Waals surface area contributed by atoms with Gasteiger partial charge < -0.3 is 4.57 Å². The minimum Gasteiger partial charge on any atom is -0.329 e. The van der Waals surface area contributed by atoms with Gasteiger partial charge in [0.25, 0.3) is 11.4 Å². The number of thioether (sulfide) groups is 1. The topological polar surface area (TPSA) is 104 Å². The van der Waals surface area contributed by atoms with E-state index in [1.807, 2.05) is 7.05 Å². The highest BCUT2D eigenvalue weighted by Crippen LogP contribution is 2.27. The molecule has 104 valence electrons. The number of hydrogen-bond acceptors (Lipinski definition) is 6. The van der Waals surface area contributed by atoms with E-state index in [4.69, 9.17) is 0 Å². The molecule has 0 unspecified atom stereocenters. The molecule has 0 saturated carbocycles. The fourth-order valence-corrected chi connectivity index (χ4v) is 2.45. The summed E-state index contributed by atoms with van der Waals surface area (Å²) in [5.74, 6) is 0.368. The molecular formula is C11H10N4O4S. The van der Waals surface area contributed by atoms with E-state index < -0.39 is 9.85 Å². The second kappa shape index (κ2) is 5.70. The Balaban J connectivity index is 2.24. The summed E-state index contributed by atoms with van der Waals surface area (Å²) in [6.07, 6.45) is 3.41. The minimum atomic E-state index is -0.637. The van der Waals surface area contributed by atoms with Crippen LogP contribution in [0, 0.1) is 20.2 Å². The van der Waals surface area contributed by atoms with E-state index in [1.54, 1.807) is 17.0 Å². The largest absolute Gasteiger partial charge is 0.329 e. The molecule has 0 aliphatic rings. The van der Waals surface area contributed by atoms with Gasteiger partial charge in [0.2, 0.25) is 0 Å². The lowest BCUT2D eigenvalue weighted by atomic mass is 10.2. The van der Waals surface area contributed by atoms with Crippen LogP contribution in [0.4, 0.5) is 11.4 Å². The molecule has 1 heterocycles. The molecule has 0 spiro atoms. The molecule has 2 rings (SSSR count). The summed E-state index contributed by atoms with van der Waals surface area (Å²) < 4.78 is 1.80. The summed E-state index contributed by atoms with van der Waals surface area (Å²) in [5.41, 5.74) is -0.0526. The van der Waals surface area contributed by atoms with Crippen LogP contribution in [-0.4, -0.2) is 19.4 Å². The van der Waals surface area contributed by atoms with Crippen LogP contribution in [0.5, 0.6) is 0 Å². The van der Waals surface area contributed by atoms with Crippen molar-refractivity contribution in [3.63, 3.8) is 0 Å². The molecule has 0 saturated heterocycles. The summed E-state index contributed by atoms with van der Waals surface area (Å²) in [6.45, 7) is 0. The molecule has 0 atom stereocenters. The Labute approximate surface area is 117 Å². The highest BCUT2D eigenvalue weighted by Gasteiger charge is 2.16. The van der Waals surface area contributed by atoms with Gasteiger partial charge in [-0.25, -0.2) is 4.98 Å². The van der Waals surface area contributed by atoms with Crippen molar-refractivity contribution in [2.45, 2.75) is 10.9 Å². The van der Waals surface area contributed by atoms with Crippen molar-refractivity contribution in [1.82, 2.24) is 9.55 Å². The lowest BCUT2D eigenvalue weighted by Gasteiger charge is -2.02. The third-order valence-electron chi connectivity index (χ3n) is 2.53. The van der Waals surface area contributed by atoms with Gasteiger partial charge in [-0.2, -0.15) is 0 Å². The molecule has 1 aromatic heterocycles. The first kappa shape index (κ1) is 14.0. The number of imidazole rings is 1. The number of nitro groups is 2. The van der Waals surface area contributed by atoms with Gasteiger partial charge in [0.15, 0.2) is 5.16 Å². The second-order valence-corrected chi connectivity index (χ2v) is 4.92. The van der Waals surface area contributed by atoms with Crippen LogP contribution in [0.25, 0.3) is 0 Å². The molecule has 0 amide bonds.